The molecule has 1 aromatic heterocycles. The molecule has 1 heterocycles. The molecular weight excluding hydrogens is 366 g/mol. The van der Waals surface area contributed by atoms with Crippen LogP contribution in [0.15, 0.2) is 11.6 Å². The molecule has 0 saturated carbocycles. The molecule has 0 aromatic carbocycles. The standard InChI is InChI=1S/C23H35N3O3/c1-8-9-26-18(6)10-20(19(26)7)11-21(12-24)23(28)29-15-22(27)25(13-16(2)3)14-17(4)5/h10-11,16-17H,8-9,13-15H2,1-7H3/b21-11+. The maximum Gasteiger partial charge on any atom is 0.349 e. The number of nitrogens with zero attached hydrogens (tertiary/aromatic N) is 3. The Morgan fingerprint density at radius 3 is 2.28 bits per heavy atom. The summed E-state index contributed by atoms with van der Waals surface area (Å²) in [5, 5.41) is 9.42. The molecule has 160 valence electrons. The number of ether oxygens (including phenoxy) is 1. The molecule has 0 unspecified atom stereocenters. The lowest BCUT2D eigenvalue weighted by Gasteiger charge is -2.26. The largest absolute Gasteiger partial charge is 0.451 e. The van der Waals surface area contributed by atoms with Gasteiger partial charge in [-0.05, 0) is 49.8 Å². The molecule has 0 aliphatic carbocycles. The summed E-state index contributed by atoms with van der Waals surface area (Å²) >= 11 is 0. The van der Waals surface area contributed by atoms with Crippen LogP contribution < -0.4 is 0 Å². The van der Waals surface area contributed by atoms with Crippen molar-refractivity contribution in [2.24, 2.45) is 11.8 Å². The van der Waals surface area contributed by atoms with E-state index in [-0.39, 0.29) is 18.1 Å². The van der Waals surface area contributed by atoms with Gasteiger partial charge in [-0.25, -0.2) is 4.79 Å². The van der Waals surface area contributed by atoms with E-state index in [0.717, 1.165) is 29.9 Å². The molecule has 6 heteroatoms. The fourth-order valence-corrected chi connectivity index (χ4v) is 3.29. The molecule has 0 aliphatic rings. The Morgan fingerprint density at radius 2 is 1.79 bits per heavy atom. The minimum Gasteiger partial charge on any atom is -0.451 e. The van der Waals surface area contributed by atoms with Crippen molar-refractivity contribution in [2.75, 3.05) is 19.7 Å². The van der Waals surface area contributed by atoms with Crippen LogP contribution in [0.1, 0.15) is 58.0 Å². The van der Waals surface area contributed by atoms with Gasteiger partial charge >= 0.3 is 5.97 Å². The van der Waals surface area contributed by atoms with Crippen molar-refractivity contribution in [2.45, 2.75) is 61.4 Å². The van der Waals surface area contributed by atoms with E-state index in [1.807, 2.05) is 53.7 Å². The van der Waals surface area contributed by atoms with Gasteiger partial charge in [0.05, 0.1) is 0 Å². The monoisotopic (exact) mass is 401 g/mol. The zero-order valence-electron chi connectivity index (χ0n) is 18.9. The molecule has 0 bridgehead atoms. The molecule has 0 saturated heterocycles. The van der Waals surface area contributed by atoms with Gasteiger partial charge in [0.2, 0.25) is 0 Å². The van der Waals surface area contributed by atoms with Gasteiger partial charge in [0.15, 0.2) is 6.61 Å². The summed E-state index contributed by atoms with van der Waals surface area (Å²) in [7, 11) is 0. The summed E-state index contributed by atoms with van der Waals surface area (Å²) in [5.41, 5.74) is 2.79. The molecule has 0 atom stereocenters. The summed E-state index contributed by atoms with van der Waals surface area (Å²) in [6.45, 7) is 16.0. The molecule has 6 nitrogen and oxygen atoms in total. The third-order valence-corrected chi connectivity index (χ3v) is 4.55. The molecule has 0 aliphatic heterocycles. The number of esters is 1. The van der Waals surface area contributed by atoms with E-state index >= 15 is 0 Å². The Bertz CT molecular complexity index is 772. The fraction of sp³-hybridized carbons (Fsp3) is 0.609. The Labute approximate surface area is 175 Å². The van der Waals surface area contributed by atoms with E-state index in [2.05, 4.69) is 11.5 Å². The van der Waals surface area contributed by atoms with Crippen LogP contribution in [0.5, 0.6) is 0 Å². The third kappa shape index (κ3) is 7.41. The van der Waals surface area contributed by atoms with Gasteiger partial charge in [0.1, 0.15) is 11.6 Å². The van der Waals surface area contributed by atoms with E-state index in [4.69, 9.17) is 4.74 Å². The van der Waals surface area contributed by atoms with Crippen molar-refractivity contribution in [3.8, 4) is 6.07 Å². The first-order valence-electron chi connectivity index (χ1n) is 10.3. The van der Waals surface area contributed by atoms with Crippen molar-refractivity contribution in [1.29, 1.82) is 5.26 Å². The Hall–Kier alpha value is -2.55. The van der Waals surface area contributed by atoms with Gasteiger partial charge in [0, 0.05) is 31.0 Å². The number of aryl methyl sites for hydroxylation is 1. The average molecular weight is 402 g/mol. The predicted octanol–water partition coefficient (Wildman–Crippen LogP) is 4.11. The first kappa shape index (κ1) is 24.5. The highest BCUT2D eigenvalue weighted by Crippen LogP contribution is 2.19. The normalized spacial score (nSPS) is 11.7. The van der Waals surface area contributed by atoms with Crippen molar-refractivity contribution >= 4 is 18.0 Å². The number of nitriles is 1. The topological polar surface area (TPSA) is 75.3 Å². The van der Waals surface area contributed by atoms with Crippen molar-refractivity contribution in [3.63, 3.8) is 0 Å². The SMILES string of the molecule is CCCn1c(C)cc(/C=C(\C#N)C(=O)OCC(=O)N(CC(C)C)CC(C)C)c1C. The molecule has 0 radical (unpaired) electrons. The highest BCUT2D eigenvalue weighted by Gasteiger charge is 2.20. The first-order chi connectivity index (χ1) is 13.6. The van der Waals surface area contributed by atoms with E-state index in [1.165, 1.54) is 0 Å². The maximum absolute atomic E-state index is 12.5. The summed E-state index contributed by atoms with van der Waals surface area (Å²) in [4.78, 5) is 26.6. The molecule has 0 N–H and O–H groups in total. The van der Waals surface area contributed by atoms with Crippen LogP contribution in [0.3, 0.4) is 0 Å². The fourth-order valence-electron chi connectivity index (χ4n) is 3.29. The van der Waals surface area contributed by atoms with Crippen LogP contribution >= 0.6 is 0 Å². The maximum atomic E-state index is 12.5. The molecule has 29 heavy (non-hydrogen) atoms. The number of rotatable bonds is 10. The lowest BCUT2D eigenvalue weighted by Crippen LogP contribution is -2.39. The summed E-state index contributed by atoms with van der Waals surface area (Å²) in [6, 6.07) is 3.86. The van der Waals surface area contributed by atoms with E-state index in [9.17, 15) is 14.9 Å². The zero-order chi connectivity index (χ0) is 22.1. The van der Waals surface area contributed by atoms with E-state index in [1.54, 1.807) is 11.0 Å². The third-order valence-electron chi connectivity index (χ3n) is 4.55. The summed E-state index contributed by atoms with van der Waals surface area (Å²) in [5.74, 6) is -0.364. The van der Waals surface area contributed by atoms with E-state index < -0.39 is 5.97 Å². The van der Waals surface area contributed by atoms with Crippen LogP contribution in [0, 0.1) is 37.0 Å². The smallest absolute Gasteiger partial charge is 0.349 e. The Balaban J connectivity index is 2.88. The number of carbonyl (C=O) groups is 2. The van der Waals surface area contributed by atoms with Crippen molar-refractivity contribution < 1.29 is 14.3 Å². The number of carbonyl (C=O) groups excluding carboxylic acids is 2. The van der Waals surface area contributed by atoms with Crippen LogP contribution in [-0.2, 0) is 20.9 Å². The summed E-state index contributed by atoms with van der Waals surface area (Å²) in [6.07, 6.45) is 2.54. The second-order valence-corrected chi connectivity index (χ2v) is 8.31. The predicted molar refractivity (Wildman–Crippen MR) is 115 cm³/mol. The van der Waals surface area contributed by atoms with E-state index in [0.29, 0.717) is 24.9 Å². The van der Waals surface area contributed by atoms with Gasteiger partial charge in [-0.3, -0.25) is 4.79 Å². The lowest BCUT2D eigenvalue weighted by atomic mass is 10.1. The van der Waals surface area contributed by atoms with Gasteiger partial charge in [-0.15, -0.1) is 0 Å². The number of aromatic nitrogens is 1. The first-order valence-corrected chi connectivity index (χ1v) is 10.3. The van der Waals surface area contributed by atoms with Gasteiger partial charge in [0.25, 0.3) is 5.91 Å². The van der Waals surface area contributed by atoms with Crippen molar-refractivity contribution in [1.82, 2.24) is 9.47 Å². The highest BCUT2D eigenvalue weighted by molar-refractivity contribution is 5.99. The number of amides is 1. The molecule has 0 fully saturated rings. The lowest BCUT2D eigenvalue weighted by molar-refractivity contribution is -0.149. The number of hydrogen-bond donors (Lipinski definition) is 0. The van der Waals surface area contributed by atoms with Crippen molar-refractivity contribution in [3.05, 3.63) is 28.6 Å². The molecule has 0 spiro atoms. The van der Waals surface area contributed by atoms with Crippen LogP contribution in [0.25, 0.3) is 6.08 Å². The molecule has 1 amide bonds. The van der Waals surface area contributed by atoms with Gasteiger partial charge < -0.3 is 14.2 Å². The Kier molecular flexibility index (Phi) is 9.67. The molecule has 1 rings (SSSR count). The number of hydrogen-bond acceptors (Lipinski definition) is 4. The summed E-state index contributed by atoms with van der Waals surface area (Å²) < 4.78 is 7.33. The van der Waals surface area contributed by atoms with Crippen LogP contribution in [0.2, 0.25) is 0 Å². The quantitative estimate of drug-likeness (QED) is 0.336. The average Bonchev–Trinajstić information content (AvgIpc) is 2.90. The highest BCUT2D eigenvalue weighted by atomic mass is 16.5. The Morgan fingerprint density at radius 1 is 1.21 bits per heavy atom. The molecule has 1 aromatic rings. The van der Waals surface area contributed by atoms with Gasteiger partial charge in [-0.1, -0.05) is 34.6 Å². The minimum atomic E-state index is -0.768. The zero-order valence-corrected chi connectivity index (χ0v) is 18.9. The second-order valence-electron chi connectivity index (χ2n) is 8.31. The molecular formula is C23H35N3O3. The minimum absolute atomic E-state index is 0.103. The van der Waals surface area contributed by atoms with Crippen LogP contribution in [-0.4, -0.2) is 41.0 Å². The van der Waals surface area contributed by atoms with Crippen LogP contribution in [0.4, 0.5) is 0 Å². The second kappa shape index (κ2) is 11.5. The van der Waals surface area contributed by atoms with Gasteiger partial charge in [-0.2, -0.15) is 5.26 Å².